The fraction of sp³-hybridized carbons (Fsp3) is 0.222. The summed E-state index contributed by atoms with van der Waals surface area (Å²) in [7, 11) is 0. The molecule has 2 N–H and O–H groups in total. The number of hydrogen-bond donors (Lipinski definition) is 2. The Balaban J connectivity index is 2.43. The Bertz CT molecular complexity index is 378. The minimum absolute atomic E-state index is 0.256. The summed E-state index contributed by atoms with van der Waals surface area (Å²) in [6.45, 7) is 8.57. The third-order valence-corrected chi connectivity index (χ3v) is 1.47. The van der Waals surface area contributed by atoms with Crippen LogP contribution in [-0.4, -0.2) is 21.7 Å². The van der Waals surface area contributed by atoms with Crippen LogP contribution in [0.15, 0.2) is 12.4 Å². The SMILES string of the molecule is [CH2+]C([CH2-])(C)OC(=O)NNc1cc(Cl)ncn1. The van der Waals surface area contributed by atoms with Crippen LogP contribution >= 0.6 is 11.6 Å². The molecule has 0 spiro atoms. The van der Waals surface area contributed by atoms with Gasteiger partial charge in [0.1, 0.15) is 22.9 Å². The van der Waals surface area contributed by atoms with Gasteiger partial charge in [-0.25, -0.2) is 20.2 Å². The first-order valence-electron chi connectivity index (χ1n) is 4.30. The van der Waals surface area contributed by atoms with E-state index in [9.17, 15) is 4.79 Å². The van der Waals surface area contributed by atoms with Gasteiger partial charge in [0.15, 0.2) is 0 Å². The van der Waals surface area contributed by atoms with Crippen molar-refractivity contribution in [3.8, 4) is 0 Å². The first-order chi connectivity index (χ1) is 7.37. The number of carbonyl (C=O) groups is 1. The van der Waals surface area contributed by atoms with Crippen LogP contribution in [0.4, 0.5) is 10.6 Å². The molecular weight excluding hydrogens is 232 g/mol. The van der Waals surface area contributed by atoms with Crippen molar-refractivity contribution in [2.45, 2.75) is 12.5 Å². The van der Waals surface area contributed by atoms with Crippen molar-refractivity contribution in [2.24, 2.45) is 0 Å². The van der Waals surface area contributed by atoms with E-state index in [1.165, 1.54) is 12.4 Å². The summed E-state index contributed by atoms with van der Waals surface area (Å²) in [6.07, 6.45) is 0.534. The van der Waals surface area contributed by atoms with Crippen LogP contribution in [0.25, 0.3) is 0 Å². The molecular formula is C9H11ClN4O2. The number of nitrogens with one attached hydrogen (secondary N) is 2. The molecule has 16 heavy (non-hydrogen) atoms. The molecule has 0 fully saturated rings. The van der Waals surface area contributed by atoms with Crippen molar-refractivity contribution >= 4 is 23.5 Å². The summed E-state index contributed by atoms with van der Waals surface area (Å²) in [5.41, 5.74) is 3.69. The fourth-order valence-corrected chi connectivity index (χ4v) is 0.913. The molecule has 1 rings (SSSR count). The molecule has 0 aliphatic rings. The Morgan fingerprint density at radius 3 is 2.94 bits per heavy atom. The third-order valence-electron chi connectivity index (χ3n) is 1.27. The Hall–Kier alpha value is -1.69. The van der Waals surface area contributed by atoms with Gasteiger partial charge < -0.3 is 4.74 Å². The smallest absolute Gasteiger partial charge is 0.427 e. The lowest BCUT2D eigenvalue weighted by Crippen LogP contribution is -2.36. The van der Waals surface area contributed by atoms with E-state index in [-0.39, 0.29) is 5.15 Å². The zero-order valence-electron chi connectivity index (χ0n) is 8.66. The normalized spacial score (nSPS) is 13.7. The number of hydrazine groups is 1. The lowest BCUT2D eigenvalue weighted by Gasteiger charge is -2.19. The zero-order valence-corrected chi connectivity index (χ0v) is 9.41. The van der Waals surface area contributed by atoms with Crippen LogP contribution in [0.5, 0.6) is 0 Å². The number of nitrogens with zero attached hydrogens (tertiary/aromatic N) is 2. The zero-order chi connectivity index (χ0) is 12.2. The van der Waals surface area contributed by atoms with Gasteiger partial charge in [0.05, 0.1) is 6.92 Å². The van der Waals surface area contributed by atoms with Gasteiger partial charge in [-0.15, -0.1) is 0 Å². The highest BCUT2D eigenvalue weighted by atomic mass is 35.5. The second-order valence-corrected chi connectivity index (χ2v) is 3.70. The van der Waals surface area contributed by atoms with Crippen LogP contribution in [0.1, 0.15) is 6.92 Å². The summed E-state index contributed by atoms with van der Waals surface area (Å²) in [5, 5.41) is 0.256. The lowest BCUT2D eigenvalue weighted by atomic mass is 10.2. The number of aromatic nitrogens is 2. The molecule has 0 aromatic carbocycles. The molecule has 6 nitrogen and oxygen atoms in total. The van der Waals surface area contributed by atoms with E-state index < -0.39 is 11.7 Å². The monoisotopic (exact) mass is 242 g/mol. The highest BCUT2D eigenvalue weighted by Gasteiger charge is 2.15. The van der Waals surface area contributed by atoms with Crippen LogP contribution in [0, 0.1) is 13.8 Å². The highest BCUT2D eigenvalue weighted by molar-refractivity contribution is 6.29. The second kappa shape index (κ2) is 4.89. The summed E-state index contributed by atoms with van der Waals surface area (Å²) in [5.74, 6) is 0.340. The van der Waals surface area contributed by atoms with E-state index in [2.05, 4.69) is 34.7 Å². The molecule has 0 radical (unpaired) electrons. The molecule has 0 atom stereocenters. The van der Waals surface area contributed by atoms with Crippen molar-refractivity contribution in [1.82, 2.24) is 15.4 Å². The summed E-state index contributed by atoms with van der Waals surface area (Å²) in [4.78, 5) is 18.6. The molecule has 7 heteroatoms. The van der Waals surface area contributed by atoms with Gasteiger partial charge in [-0.3, -0.25) is 12.3 Å². The first-order valence-corrected chi connectivity index (χ1v) is 4.68. The quantitative estimate of drug-likeness (QED) is 0.478. The van der Waals surface area contributed by atoms with Gasteiger partial charge in [0, 0.05) is 6.07 Å². The first kappa shape index (κ1) is 12.4. The molecule has 1 amide bonds. The summed E-state index contributed by atoms with van der Waals surface area (Å²) in [6, 6.07) is 1.44. The van der Waals surface area contributed by atoms with Gasteiger partial charge in [0.25, 0.3) is 0 Å². The third kappa shape index (κ3) is 4.70. The van der Waals surface area contributed by atoms with Gasteiger partial charge in [-0.2, -0.15) is 0 Å². The summed E-state index contributed by atoms with van der Waals surface area (Å²) >= 11 is 5.61. The predicted octanol–water partition coefficient (Wildman–Crippen LogP) is 1.61. The van der Waals surface area contributed by atoms with E-state index in [0.29, 0.717) is 5.82 Å². The number of carbonyl (C=O) groups excluding carboxylic acids is 1. The number of halogens is 1. The Labute approximate surface area is 98.3 Å². The van der Waals surface area contributed by atoms with Gasteiger partial charge in [0.2, 0.25) is 0 Å². The largest absolute Gasteiger partial charge is 0.429 e. The van der Waals surface area contributed by atoms with E-state index in [0.717, 1.165) is 0 Å². The molecule has 0 saturated carbocycles. The molecule has 0 aliphatic carbocycles. The maximum absolute atomic E-state index is 11.2. The van der Waals surface area contributed by atoms with Crippen LogP contribution in [0.3, 0.4) is 0 Å². The van der Waals surface area contributed by atoms with Crippen molar-refractivity contribution < 1.29 is 9.53 Å². The molecule has 0 unspecified atom stereocenters. The van der Waals surface area contributed by atoms with Gasteiger partial charge in [-0.1, -0.05) is 11.6 Å². The average Bonchev–Trinajstić information content (AvgIpc) is 2.12. The van der Waals surface area contributed by atoms with Crippen LogP contribution in [-0.2, 0) is 4.74 Å². The van der Waals surface area contributed by atoms with Crippen molar-refractivity contribution in [1.29, 1.82) is 0 Å². The number of amides is 1. The average molecular weight is 243 g/mol. The molecule has 1 aromatic heterocycles. The number of ether oxygens (including phenoxy) is 1. The second-order valence-electron chi connectivity index (χ2n) is 3.32. The molecule has 1 aromatic rings. The fourth-order valence-electron chi connectivity index (χ4n) is 0.766. The Morgan fingerprint density at radius 2 is 2.38 bits per heavy atom. The van der Waals surface area contributed by atoms with E-state index in [1.807, 2.05) is 0 Å². The van der Waals surface area contributed by atoms with Gasteiger partial charge in [-0.05, 0) is 6.92 Å². The molecule has 1 heterocycles. The highest BCUT2D eigenvalue weighted by Crippen LogP contribution is 2.08. The minimum Gasteiger partial charge on any atom is -0.429 e. The van der Waals surface area contributed by atoms with Crippen molar-refractivity contribution in [3.05, 3.63) is 31.4 Å². The van der Waals surface area contributed by atoms with Gasteiger partial charge >= 0.3 is 6.09 Å². The standard InChI is InChI=1S/C9H11ClN4O2/c1-9(2,3)16-8(15)14-13-7-4-6(10)11-5-12-7/h4-5H,1-2H2,3H3,(H,14,15)(H,11,12,13). The molecule has 0 bridgehead atoms. The van der Waals surface area contributed by atoms with E-state index in [1.54, 1.807) is 6.92 Å². The van der Waals surface area contributed by atoms with E-state index in [4.69, 9.17) is 16.3 Å². The molecule has 0 saturated heterocycles. The number of rotatable bonds is 3. The van der Waals surface area contributed by atoms with Crippen LogP contribution in [0.2, 0.25) is 5.15 Å². The van der Waals surface area contributed by atoms with Crippen LogP contribution < -0.4 is 10.9 Å². The maximum atomic E-state index is 11.2. The lowest BCUT2D eigenvalue weighted by molar-refractivity contribution is 0.0878. The molecule has 0 aliphatic heterocycles. The molecule has 86 valence electrons. The number of anilines is 1. The van der Waals surface area contributed by atoms with Crippen molar-refractivity contribution in [3.63, 3.8) is 0 Å². The van der Waals surface area contributed by atoms with E-state index >= 15 is 0 Å². The Kier molecular flexibility index (Phi) is 3.78. The topological polar surface area (TPSA) is 76.1 Å². The summed E-state index contributed by atoms with van der Waals surface area (Å²) < 4.78 is 4.78. The minimum atomic E-state index is -1.05. The maximum Gasteiger partial charge on any atom is 0.427 e. The van der Waals surface area contributed by atoms with Crippen molar-refractivity contribution in [2.75, 3.05) is 5.43 Å². The Morgan fingerprint density at radius 1 is 1.69 bits per heavy atom. The number of hydrogen-bond acceptors (Lipinski definition) is 5. The predicted molar refractivity (Wildman–Crippen MR) is 59.4 cm³/mol.